The number of rotatable bonds is 4. The molecule has 0 saturated carbocycles. The number of esters is 1. The Morgan fingerprint density at radius 2 is 1.13 bits per heavy atom. The van der Waals surface area contributed by atoms with Crippen LogP contribution >= 0.6 is 15.6 Å². The molecule has 2 heterocycles. The molecule has 0 bridgehead atoms. The van der Waals surface area contributed by atoms with Crippen LogP contribution in [0.2, 0.25) is 0 Å². The van der Waals surface area contributed by atoms with E-state index in [2.05, 4.69) is 9.05 Å². The molecule has 0 radical (unpaired) electrons. The molecule has 0 N–H and O–H groups in total. The molecular formula is C20H4F6O11P2-4. The highest BCUT2D eigenvalue weighted by Gasteiger charge is 2.58. The number of hydrogen-bond donors (Lipinski definition) is 0. The van der Waals surface area contributed by atoms with Crippen LogP contribution in [0.4, 0.5) is 26.3 Å². The summed E-state index contributed by atoms with van der Waals surface area (Å²) in [7, 11) is -11.9. The molecule has 0 amide bonds. The van der Waals surface area contributed by atoms with Crippen LogP contribution in [0.25, 0.3) is 0 Å². The number of fused-ring (bicyclic) bond motifs is 6. The molecule has 19 heteroatoms. The van der Waals surface area contributed by atoms with E-state index < -0.39 is 107 Å². The maximum atomic E-state index is 15.2. The summed E-state index contributed by atoms with van der Waals surface area (Å²) in [6, 6.07) is 1.09. The van der Waals surface area contributed by atoms with E-state index in [9.17, 15) is 55.5 Å². The lowest BCUT2D eigenvalue weighted by molar-refractivity contribution is -0.335. The van der Waals surface area contributed by atoms with Gasteiger partial charge in [-0.25, -0.2) is 31.1 Å². The minimum atomic E-state index is -5.93. The van der Waals surface area contributed by atoms with Crippen molar-refractivity contribution in [2.45, 2.75) is 5.60 Å². The van der Waals surface area contributed by atoms with Gasteiger partial charge in [-0.1, -0.05) is 0 Å². The zero-order valence-corrected chi connectivity index (χ0v) is 19.8. The molecule has 0 saturated heterocycles. The van der Waals surface area contributed by atoms with Gasteiger partial charge < -0.3 is 47.2 Å². The van der Waals surface area contributed by atoms with Crippen molar-refractivity contribution in [3.63, 3.8) is 0 Å². The molecule has 0 aliphatic carbocycles. The van der Waals surface area contributed by atoms with Crippen molar-refractivity contribution < 1.29 is 78.4 Å². The molecule has 206 valence electrons. The van der Waals surface area contributed by atoms with Crippen LogP contribution in [0.15, 0.2) is 24.3 Å². The van der Waals surface area contributed by atoms with E-state index in [-0.39, 0.29) is 12.1 Å². The van der Waals surface area contributed by atoms with Gasteiger partial charge in [-0.3, -0.25) is 0 Å². The van der Waals surface area contributed by atoms with E-state index in [1.54, 1.807) is 0 Å². The fourth-order valence-electron chi connectivity index (χ4n) is 4.21. The van der Waals surface area contributed by atoms with Crippen molar-refractivity contribution >= 4 is 21.6 Å². The minimum Gasteiger partial charge on any atom is -0.780 e. The molecule has 5 rings (SSSR count). The summed E-state index contributed by atoms with van der Waals surface area (Å²) in [4.78, 5) is 56.7. The Morgan fingerprint density at radius 3 is 1.56 bits per heavy atom. The first-order chi connectivity index (χ1) is 17.9. The monoisotopic (exact) mass is 596 g/mol. The number of carbonyl (C=O) groups is 1. The summed E-state index contributed by atoms with van der Waals surface area (Å²) in [6.45, 7) is 0. The normalized spacial score (nSPS) is 15.3. The van der Waals surface area contributed by atoms with E-state index >= 15 is 4.39 Å². The fraction of sp³-hybridized carbons (Fsp3) is 0.0500. The Labute approximate surface area is 210 Å². The van der Waals surface area contributed by atoms with E-state index in [0.717, 1.165) is 0 Å². The van der Waals surface area contributed by atoms with Gasteiger partial charge in [0.25, 0.3) is 0 Å². The standard InChI is InChI=1S/C20H8F6O11P2/c21-7-1-5-9(3-11(7)36-38(28,29)30)34-10-4-12(37-39(31,32)33)8(22)2-6(10)20(5)14-13(19(27)35-20)15(23)17(25)18(26)16(14)24/h1-4H,(H2,28,29,30)(H2,31,32,33)/p-4. The van der Waals surface area contributed by atoms with Crippen LogP contribution in [-0.2, 0) is 19.5 Å². The molecule has 0 atom stereocenters. The van der Waals surface area contributed by atoms with E-state index in [1.165, 1.54) is 0 Å². The highest BCUT2D eigenvalue weighted by atomic mass is 31.2. The lowest BCUT2D eigenvalue weighted by Gasteiger charge is -2.38. The van der Waals surface area contributed by atoms with Crippen molar-refractivity contribution in [1.29, 1.82) is 0 Å². The topological polar surface area (TPSA) is 180 Å². The minimum absolute atomic E-state index is 0.218. The van der Waals surface area contributed by atoms with Gasteiger partial charge in [-0.15, -0.1) is 0 Å². The molecule has 2 aliphatic heterocycles. The number of hydrogen-bond acceptors (Lipinski definition) is 11. The Balaban J connectivity index is 1.90. The van der Waals surface area contributed by atoms with Crippen LogP contribution in [0, 0.1) is 34.9 Å². The van der Waals surface area contributed by atoms with E-state index in [0.29, 0.717) is 12.1 Å². The fourth-order valence-corrected chi connectivity index (χ4v) is 4.97. The van der Waals surface area contributed by atoms with E-state index in [1.807, 2.05) is 0 Å². The molecule has 0 aromatic heterocycles. The highest BCUT2D eigenvalue weighted by molar-refractivity contribution is 7.43. The number of halogens is 6. The lowest BCUT2D eigenvalue weighted by atomic mass is 9.77. The van der Waals surface area contributed by atoms with Crippen molar-refractivity contribution in [1.82, 2.24) is 0 Å². The second kappa shape index (κ2) is 8.45. The third-order valence-corrected chi connectivity index (χ3v) is 6.38. The van der Waals surface area contributed by atoms with Gasteiger partial charge in [0.15, 0.2) is 52.0 Å². The maximum Gasteiger partial charge on any atom is 0.343 e. The van der Waals surface area contributed by atoms with Crippen molar-refractivity contribution in [2.75, 3.05) is 0 Å². The Hall–Kier alpha value is -3.59. The molecule has 0 unspecified atom stereocenters. The lowest BCUT2D eigenvalue weighted by Crippen LogP contribution is -2.34. The molecule has 0 fully saturated rings. The van der Waals surface area contributed by atoms with Gasteiger partial charge in [0.05, 0.1) is 16.7 Å². The van der Waals surface area contributed by atoms with Crippen molar-refractivity contribution in [2.24, 2.45) is 0 Å². The zero-order valence-electron chi connectivity index (χ0n) is 18.0. The van der Waals surface area contributed by atoms with Gasteiger partial charge in [0, 0.05) is 12.1 Å². The molecule has 11 nitrogen and oxygen atoms in total. The molecule has 1 spiro atoms. The summed E-state index contributed by atoms with van der Waals surface area (Å²) >= 11 is 0. The first-order valence-corrected chi connectivity index (χ1v) is 12.8. The van der Waals surface area contributed by atoms with Gasteiger partial charge in [-0.05, 0) is 12.1 Å². The summed E-state index contributed by atoms with van der Waals surface area (Å²) < 4.78 is 128. The Kier molecular flexibility index (Phi) is 5.85. The maximum absolute atomic E-state index is 15.2. The smallest absolute Gasteiger partial charge is 0.343 e. The number of benzene rings is 3. The first-order valence-electron chi connectivity index (χ1n) is 9.83. The predicted molar refractivity (Wildman–Crippen MR) is 101 cm³/mol. The second-order valence-electron chi connectivity index (χ2n) is 7.81. The highest BCUT2D eigenvalue weighted by Crippen LogP contribution is 2.59. The first kappa shape index (κ1) is 27.0. The molecule has 2 aliphatic rings. The number of phosphoric acid groups is 2. The Bertz CT molecular complexity index is 1640. The number of ether oxygens (including phenoxy) is 2. The Morgan fingerprint density at radius 1 is 0.692 bits per heavy atom. The van der Waals surface area contributed by atoms with Crippen LogP contribution < -0.4 is 33.4 Å². The van der Waals surface area contributed by atoms with Crippen LogP contribution in [0.3, 0.4) is 0 Å². The average Bonchev–Trinajstić information content (AvgIpc) is 3.10. The molecule has 3 aromatic rings. The molecular weight excluding hydrogens is 592 g/mol. The third-order valence-electron chi connectivity index (χ3n) is 5.54. The summed E-state index contributed by atoms with van der Waals surface area (Å²) in [5.74, 6) is -19.2. The average molecular weight is 596 g/mol. The molecule has 3 aromatic carbocycles. The SMILES string of the molecule is O=C1OC2(c3cc(F)c(OP(=O)([O-])[O-])cc3Oc3cc(OP(=O)([O-])[O-])c(F)cc32)c2c(F)c(F)c(F)c(F)c21. The summed E-state index contributed by atoms with van der Waals surface area (Å²) in [6.07, 6.45) is 0. The van der Waals surface area contributed by atoms with Crippen LogP contribution in [0.1, 0.15) is 27.0 Å². The largest absolute Gasteiger partial charge is 0.780 e. The summed E-state index contributed by atoms with van der Waals surface area (Å²) in [5, 5.41) is 0. The van der Waals surface area contributed by atoms with Gasteiger partial charge in [0.2, 0.25) is 0 Å². The van der Waals surface area contributed by atoms with Gasteiger partial charge in [-0.2, -0.15) is 0 Å². The van der Waals surface area contributed by atoms with E-state index in [4.69, 9.17) is 9.47 Å². The number of phosphoric ester groups is 2. The third kappa shape index (κ3) is 4.14. The van der Waals surface area contributed by atoms with Gasteiger partial charge in [0.1, 0.15) is 32.7 Å². The molecule has 39 heavy (non-hydrogen) atoms. The second-order valence-corrected chi connectivity index (χ2v) is 9.97. The summed E-state index contributed by atoms with van der Waals surface area (Å²) in [5.41, 5.74) is -7.92. The number of carbonyl (C=O) groups excluding carboxylic acids is 1. The predicted octanol–water partition coefficient (Wildman–Crippen LogP) is 1.50. The zero-order chi connectivity index (χ0) is 28.8. The van der Waals surface area contributed by atoms with Crippen molar-refractivity contribution in [3.05, 3.63) is 81.4 Å². The van der Waals surface area contributed by atoms with Crippen molar-refractivity contribution in [3.8, 4) is 23.0 Å². The quantitative estimate of drug-likeness (QED) is 0.140. The van der Waals surface area contributed by atoms with Gasteiger partial charge >= 0.3 is 5.97 Å². The van der Waals surface area contributed by atoms with Crippen LogP contribution in [-0.4, -0.2) is 5.97 Å². The van der Waals surface area contributed by atoms with Crippen LogP contribution in [0.5, 0.6) is 23.0 Å².